The van der Waals surface area contributed by atoms with E-state index in [4.69, 9.17) is 16.3 Å². The fourth-order valence-corrected chi connectivity index (χ4v) is 3.62. The first-order valence-electron chi connectivity index (χ1n) is 7.46. The average molecular weight is 370 g/mol. The lowest BCUT2D eigenvalue weighted by atomic mass is 10.2. The van der Waals surface area contributed by atoms with Crippen LogP contribution in [-0.2, 0) is 0 Å². The summed E-state index contributed by atoms with van der Waals surface area (Å²) in [6.07, 6.45) is 1.78. The number of fused-ring (bicyclic) bond motifs is 1. The van der Waals surface area contributed by atoms with Crippen LogP contribution in [0.4, 0.5) is 0 Å². The molecule has 0 saturated heterocycles. The second kappa shape index (κ2) is 6.31. The van der Waals surface area contributed by atoms with Crippen LogP contribution in [0.5, 0.6) is 5.75 Å². The van der Waals surface area contributed by atoms with Gasteiger partial charge in [-0.05, 0) is 42.0 Å². The normalized spacial score (nSPS) is 12.0. The molecule has 0 N–H and O–H groups in total. The smallest absolute Gasteiger partial charge is 0.276 e. The molecule has 0 bridgehead atoms. The van der Waals surface area contributed by atoms with Gasteiger partial charge in [0.05, 0.1) is 11.6 Å². The van der Waals surface area contributed by atoms with E-state index in [1.165, 1.54) is 15.7 Å². The van der Waals surface area contributed by atoms with Crippen molar-refractivity contribution in [3.8, 4) is 17.1 Å². The van der Waals surface area contributed by atoms with Gasteiger partial charge in [0.15, 0.2) is 5.82 Å². The highest BCUT2D eigenvalue weighted by Gasteiger charge is 2.14. The van der Waals surface area contributed by atoms with Crippen molar-refractivity contribution in [3.63, 3.8) is 0 Å². The lowest BCUT2D eigenvalue weighted by Crippen LogP contribution is -2.23. The highest BCUT2D eigenvalue weighted by atomic mass is 35.5. The van der Waals surface area contributed by atoms with Crippen LogP contribution in [-0.4, -0.2) is 21.7 Å². The third-order valence-corrected chi connectivity index (χ3v) is 5.09. The fraction of sp³-hybridized carbons (Fsp3) is 0.0556. The van der Waals surface area contributed by atoms with Gasteiger partial charge in [0.2, 0.25) is 4.96 Å². The topological polar surface area (TPSA) is 56.5 Å². The standard InChI is InChI=1S/C18H12ClN3O2S/c1-24-13-8-6-11(7-9-13)16-20-21-18-22(16)17(23)15(25-18)10-12-4-2-3-5-14(12)19/h2-10H,1H3/b15-10-. The number of hydrogen-bond donors (Lipinski definition) is 0. The summed E-state index contributed by atoms with van der Waals surface area (Å²) in [6, 6.07) is 14.7. The van der Waals surface area contributed by atoms with Gasteiger partial charge in [0, 0.05) is 10.6 Å². The van der Waals surface area contributed by atoms with Crippen LogP contribution in [0.15, 0.2) is 53.3 Å². The maximum absolute atomic E-state index is 12.8. The molecule has 0 spiro atoms. The minimum absolute atomic E-state index is 0.157. The van der Waals surface area contributed by atoms with Crippen molar-refractivity contribution < 1.29 is 4.74 Å². The van der Waals surface area contributed by atoms with E-state index in [9.17, 15) is 4.79 Å². The molecule has 2 aromatic heterocycles. The number of thiazole rings is 1. The van der Waals surface area contributed by atoms with Gasteiger partial charge in [0.1, 0.15) is 5.75 Å². The van der Waals surface area contributed by atoms with Crippen molar-refractivity contribution in [2.75, 3.05) is 7.11 Å². The number of ether oxygens (including phenoxy) is 1. The zero-order chi connectivity index (χ0) is 17.4. The Morgan fingerprint density at radius 1 is 1.12 bits per heavy atom. The van der Waals surface area contributed by atoms with E-state index in [0.717, 1.165) is 16.9 Å². The van der Waals surface area contributed by atoms with E-state index < -0.39 is 0 Å². The Morgan fingerprint density at radius 2 is 1.88 bits per heavy atom. The zero-order valence-corrected chi connectivity index (χ0v) is 14.7. The van der Waals surface area contributed by atoms with Gasteiger partial charge in [0.25, 0.3) is 5.56 Å². The van der Waals surface area contributed by atoms with Crippen LogP contribution in [0.25, 0.3) is 22.4 Å². The molecule has 0 amide bonds. The van der Waals surface area contributed by atoms with Crippen LogP contribution in [0, 0.1) is 0 Å². The van der Waals surface area contributed by atoms with Crippen molar-refractivity contribution >= 4 is 34.0 Å². The predicted octanol–water partition coefficient (Wildman–Crippen LogP) is 3.03. The Labute approximate surface area is 151 Å². The molecule has 0 unspecified atom stereocenters. The molecule has 0 fully saturated rings. The van der Waals surface area contributed by atoms with E-state index in [2.05, 4.69) is 10.2 Å². The van der Waals surface area contributed by atoms with Crippen LogP contribution >= 0.6 is 22.9 Å². The van der Waals surface area contributed by atoms with E-state index in [0.29, 0.717) is 20.3 Å². The molecule has 0 saturated carbocycles. The zero-order valence-electron chi connectivity index (χ0n) is 13.1. The number of hydrogen-bond acceptors (Lipinski definition) is 5. The van der Waals surface area contributed by atoms with E-state index in [1.54, 1.807) is 19.3 Å². The summed E-state index contributed by atoms with van der Waals surface area (Å²) in [5, 5.41) is 8.88. The van der Waals surface area contributed by atoms with Crippen molar-refractivity contribution in [3.05, 3.63) is 74.0 Å². The fourth-order valence-electron chi connectivity index (χ4n) is 2.52. The molecule has 124 valence electrons. The minimum Gasteiger partial charge on any atom is -0.497 e. The Hall–Kier alpha value is -2.70. The first-order chi connectivity index (χ1) is 12.2. The maximum Gasteiger partial charge on any atom is 0.276 e. The quantitative estimate of drug-likeness (QED) is 0.557. The maximum atomic E-state index is 12.8. The molecule has 0 aliphatic rings. The van der Waals surface area contributed by atoms with Gasteiger partial charge in [-0.15, -0.1) is 10.2 Å². The lowest BCUT2D eigenvalue weighted by molar-refractivity contribution is 0.415. The Bertz CT molecular complexity index is 1170. The van der Waals surface area contributed by atoms with Crippen molar-refractivity contribution in [2.24, 2.45) is 0 Å². The molecule has 0 radical (unpaired) electrons. The minimum atomic E-state index is -0.157. The number of rotatable bonds is 3. The molecule has 2 heterocycles. The first kappa shape index (κ1) is 15.8. The Kier molecular flexibility index (Phi) is 3.99. The third kappa shape index (κ3) is 2.79. The van der Waals surface area contributed by atoms with Crippen molar-refractivity contribution in [1.29, 1.82) is 0 Å². The molecule has 25 heavy (non-hydrogen) atoms. The monoisotopic (exact) mass is 369 g/mol. The average Bonchev–Trinajstić information content (AvgIpc) is 3.18. The van der Waals surface area contributed by atoms with Gasteiger partial charge in [-0.1, -0.05) is 41.1 Å². The summed E-state index contributed by atoms with van der Waals surface area (Å²) in [7, 11) is 1.61. The van der Waals surface area contributed by atoms with E-state index in [-0.39, 0.29) is 5.56 Å². The highest BCUT2D eigenvalue weighted by molar-refractivity contribution is 7.15. The van der Waals surface area contributed by atoms with Gasteiger partial charge in [-0.2, -0.15) is 0 Å². The molecule has 0 atom stereocenters. The van der Waals surface area contributed by atoms with Gasteiger partial charge >= 0.3 is 0 Å². The summed E-state index contributed by atoms with van der Waals surface area (Å²) in [6.45, 7) is 0. The van der Waals surface area contributed by atoms with Gasteiger partial charge in [-0.25, -0.2) is 4.40 Å². The Morgan fingerprint density at radius 3 is 2.60 bits per heavy atom. The van der Waals surface area contributed by atoms with Gasteiger partial charge in [-0.3, -0.25) is 4.79 Å². The molecule has 4 rings (SSSR count). The summed E-state index contributed by atoms with van der Waals surface area (Å²) < 4.78 is 7.25. The number of methoxy groups -OCH3 is 1. The Balaban J connectivity index is 1.88. The molecule has 2 aromatic carbocycles. The number of aromatic nitrogens is 3. The van der Waals surface area contributed by atoms with Gasteiger partial charge < -0.3 is 4.74 Å². The molecule has 0 aliphatic heterocycles. The third-order valence-electron chi connectivity index (χ3n) is 3.79. The van der Waals surface area contributed by atoms with Crippen LogP contribution in [0.3, 0.4) is 0 Å². The van der Waals surface area contributed by atoms with E-state index >= 15 is 0 Å². The van der Waals surface area contributed by atoms with E-state index in [1.807, 2.05) is 42.5 Å². The molecular formula is C18H12ClN3O2S. The van der Waals surface area contributed by atoms with Crippen LogP contribution in [0.2, 0.25) is 5.02 Å². The molecule has 5 nitrogen and oxygen atoms in total. The SMILES string of the molecule is COc1ccc(-c2nnc3s/c(=C\c4ccccc4Cl)c(=O)n23)cc1. The van der Waals surface area contributed by atoms with Crippen LogP contribution in [0.1, 0.15) is 5.56 Å². The summed E-state index contributed by atoms with van der Waals surface area (Å²) in [5.41, 5.74) is 1.44. The molecular weight excluding hydrogens is 358 g/mol. The summed E-state index contributed by atoms with van der Waals surface area (Å²) >= 11 is 7.47. The largest absolute Gasteiger partial charge is 0.497 e. The summed E-state index contributed by atoms with van der Waals surface area (Å²) in [4.78, 5) is 13.4. The summed E-state index contributed by atoms with van der Waals surface area (Å²) in [5.74, 6) is 1.25. The van der Waals surface area contributed by atoms with Crippen molar-refractivity contribution in [2.45, 2.75) is 0 Å². The number of benzene rings is 2. The molecule has 4 aromatic rings. The lowest BCUT2D eigenvalue weighted by Gasteiger charge is -2.00. The second-order valence-corrected chi connectivity index (χ2v) is 6.72. The number of halogens is 1. The molecule has 0 aliphatic carbocycles. The number of nitrogens with zero attached hydrogens (tertiary/aromatic N) is 3. The highest BCUT2D eigenvalue weighted by Crippen LogP contribution is 2.21. The van der Waals surface area contributed by atoms with Crippen LogP contribution < -0.4 is 14.8 Å². The first-order valence-corrected chi connectivity index (χ1v) is 8.65. The van der Waals surface area contributed by atoms with Crippen molar-refractivity contribution in [1.82, 2.24) is 14.6 Å². The predicted molar refractivity (Wildman–Crippen MR) is 99.4 cm³/mol. The molecule has 7 heteroatoms. The second-order valence-electron chi connectivity index (χ2n) is 5.31.